The molecule has 0 atom stereocenters. The Hall–Kier alpha value is -1.57. The molecule has 4 nitrogen and oxygen atoms in total. The van der Waals surface area contributed by atoms with Crippen molar-refractivity contribution in [2.24, 2.45) is 0 Å². The van der Waals surface area contributed by atoms with Crippen molar-refractivity contribution < 1.29 is 9.59 Å². The highest BCUT2D eigenvalue weighted by atomic mass is 79.9. The van der Waals surface area contributed by atoms with Gasteiger partial charge >= 0.3 is 0 Å². The van der Waals surface area contributed by atoms with Crippen LogP contribution in [0.25, 0.3) is 6.08 Å². The number of benzene rings is 2. The Morgan fingerprint density at radius 3 is 2.46 bits per heavy atom. The number of imide groups is 1. The third-order valence-corrected chi connectivity index (χ3v) is 5.18. The number of rotatable bonds is 4. The van der Waals surface area contributed by atoms with E-state index in [0.29, 0.717) is 4.91 Å². The maximum atomic E-state index is 12.4. The van der Waals surface area contributed by atoms with Crippen LogP contribution in [-0.2, 0) is 4.79 Å². The van der Waals surface area contributed by atoms with Crippen LogP contribution in [-0.4, -0.2) is 22.7 Å². The largest absolute Gasteiger partial charge is 0.367 e. The van der Waals surface area contributed by atoms with Gasteiger partial charge in [0.1, 0.15) is 0 Å². The first kappa shape index (κ1) is 17.3. The summed E-state index contributed by atoms with van der Waals surface area (Å²) in [7, 11) is 0. The van der Waals surface area contributed by atoms with Crippen LogP contribution in [0.3, 0.4) is 0 Å². The lowest BCUT2D eigenvalue weighted by molar-refractivity contribution is -0.122. The van der Waals surface area contributed by atoms with Crippen molar-refractivity contribution in [2.45, 2.75) is 0 Å². The van der Waals surface area contributed by atoms with E-state index < -0.39 is 0 Å². The average molecular weight is 468 g/mol. The molecule has 1 saturated heterocycles. The number of anilines is 1. The molecule has 2 amide bonds. The highest BCUT2D eigenvalue weighted by molar-refractivity contribution is 9.10. The second kappa shape index (κ2) is 7.55. The molecule has 0 bridgehead atoms. The van der Waals surface area contributed by atoms with Crippen LogP contribution >= 0.6 is 43.6 Å². The van der Waals surface area contributed by atoms with Crippen LogP contribution in [0, 0.1) is 0 Å². The van der Waals surface area contributed by atoms with E-state index in [2.05, 4.69) is 37.2 Å². The Bertz CT molecular complexity index is 839. The fraction of sp³-hybridized carbons (Fsp3) is 0.0588. The van der Waals surface area contributed by atoms with Crippen LogP contribution in [0.5, 0.6) is 0 Å². The van der Waals surface area contributed by atoms with Gasteiger partial charge in [-0.05, 0) is 53.7 Å². The molecule has 1 aliphatic rings. The van der Waals surface area contributed by atoms with Gasteiger partial charge in [-0.25, -0.2) is 0 Å². The number of carbonyl (C=O) groups is 2. The summed E-state index contributed by atoms with van der Waals surface area (Å²) in [5.74, 6) is -0.285. The fourth-order valence-corrected chi connectivity index (χ4v) is 3.81. The first-order chi connectivity index (χ1) is 11.5. The molecule has 1 aliphatic heterocycles. The van der Waals surface area contributed by atoms with Crippen LogP contribution in [0.2, 0.25) is 0 Å². The van der Waals surface area contributed by atoms with E-state index in [4.69, 9.17) is 0 Å². The molecular formula is C17H12Br2N2O2S. The molecule has 1 fully saturated rings. The van der Waals surface area contributed by atoms with Crippen molar-refractivity contribution >= 4 is 66.5 Å². The zero-order valence-electron chi connectivity index (χ0n) is 12.3. The van der Waals surface area contributed by atoms with Gasteiger partial charge in [-0.3, -0.25) is 14.5 Å². The monoisotopic (exact) mass is 466 g/mol. The number of nitrogens with zero attached hydrogens (tertiary/aromatic N) is 1. The van der Waals surface area contributed by atoms with Crippen molar-refractivity contribution in [3.63, 3.8) is 0 Å². The summed E-state index contributed by atoms with van der Waals surface area (Å²) >= 11 is 7.74. The lowest BCUT2D eigenvalue weighted by Gasteiger charge is -2.14. The number of thioether (sulfide) groups is 1. The molecule has 0 aliphatic carbocycles. The summed E-state index contributed by atoms with van der Waals surface area (Å²) in [4.78, 5) is 26.2. The van der Waals surface area contributed by atoms with E-state index in [-0.39, 0.29) is 17.8 Å². The summed E-state index contributed by atoms with van der Waals surface area (Å²) in [6.45, 7) is 0.136. The average Bonchev–Trinajstić information content (AvgIpc) is 2.79. The Kier molecular flexibility index (Phi) is 5.43. The molecule has 0 spiro atoms. The predicted octanol–water partition coefficient (Wildman–Crippen LogP) is 5.32. The summed E-state index contributed by atoms with van der Waals surface area (Å²) in [6, 6.07) is 15.1. The highest BCUT2D eigenvalue weighted by Gasteiger charge is 2.34. The van der Waals surface area contributed by atoms with Gasteiger partial charge in [-0.2, -0.15) is 0 Å². The molecule has 1 N–H and O–H groups in total. The molecule has 2 aromatic rings. The quantitative estimate of drug-likeness (QED) is 0.618. The maximum absolute atomic E-state index is 12.4. The fourth-order valence-electron chi connectivity index (χ4n) is 2.15. The smallest absolute Gasteiger partial charge is 0.295 e. The number of hydrogen-bond donors (Lipinski definition) is 1. The molecule has 3 rings (SSSR count). The van der Waals surface area contributed by atoms with Crippen molar-refractivity contribution in [2.75, 3.05) is 12.0 Å². The lowest BCUT2D eigenvalue weighted by Crippen LogP contribution is -2.33. The van der Waals surface area contributed by atoms with Gasteiger partial charge in [0.05, 0.1) is 11.6 Å². The zero-order valence-corrected chi connectivity index (χ0v) is 16.3. The normalized spacial score (nSPS) is 16.1. The van der Waals surface area contributed by atoms with Gasteiger partial charge in [-0.1, -0.05) is 50.1 Å². The SMILES string of the molecule is O=C1S/C(=C\c2cccc(Br)c2)C(=O)N1CNc1cccc(Br)c1. The van der Waals surface area contributed by atoms with E-state index >= 15 is 0 Å². The number of hydrogen-bond acceptors (Lipinski definition) is 4. The summed E-state index contributed by atoms with van der Waals surface area (Å²) in [6.07, 6.45) is 1.73. The molecule has 0 aromatic heterocycles. The van der Waals surface area contributed by atoms with Gasteiger partial charge in [-0.15, -0.1) is 0 Å². The maximum Gasteiger partial charge on any atom is 0.295 e. The van der Waals surface area contributed by atoms with Gasteiger partial charge in [0.25, 0.3) is 11.1 Å². The Balaban J connectivity index is 1.72. The van der Waals surface area contributed by atoms with E-state index in [1.165, 1.54) is 4.90 Å². The predicted molar refractivity (Wildman–Crippen MR) is 105 cm³/mol. The first-order valence-electron chi connectivity index (χ1n) is 7.03. The first-order valence-corrected chi connectivity index (χ1v) is 9.43. The number of halogens is 2. The third kappa shape index (κ3) is 4.09. The Morgan fingerprint density at radius 2 is 1.75 bits per heavy atom. The highest BCUT2D eigenvalue weighted by Crippen LogP contribution is 2.32. The zero-order chi connectivity index (χ0) is 17.1. The van der Waals surface area contributed by atoms with Gasteiger partial charge in [0.2, 0.25) is 0 Å². The van der Waals surface area contributed by atoms with Gasteiger partial charge < -0.3 is 5.32 Å². The summed E-state index contributed by atoms with van der Waals surface area (Å²) in [5.41, 5.74) is 1.70. The molecule has 7 heteroatoms. The van der Waals surface area contributed by atoms with E-state index in [1.807, 2.05) is 48.5 Å². The Labute approximate surface area is 160 Å². The number of nitrogens with one attached hydrogen (secondary N) is 1. The van der Waals surface area contributed by atoms with Gasteiger partial charge in [0, 0.05) is 14.6 Å². The molecule has 1 heterocycles. The lowest BCUT2D eigenvalue weighted by atomic mass is 10.2. The molecule has 0 saturated carbocycles. The van der Waals surface area contributed by atoms with Crippen molar-refractivity contribution in [1.29, 1.82) is 0 Å². The molecular weight excluding hydrogens is 456 g/mol. The molecule has 24 heavy (non-hydrogen) atoms. The minimum Gasteiger partial charge on any atom is -0.367 e. The van der Waals surface area contributed by atoms with Crippen LogP contribution in [0.15, 0.2) is 62.4 Å². The van der Waals surface area contributed by atoms with Crippen LogP contribution in [0.4, 0.5) is 10.5 Å². The third-order valence-electron chi connectivity index (χ3n) is 3.29. The van der Waals surface area contributed by atoms with Crippen molar-refractivity contribution in [3.05, 3.63) is 67.9 Å². The minimum atomic E-state index is -0.285. The topological polar surface area (TPSA) is 49.4 Å². The van der Waals surface area contributed by atoms with Crippen LogP contribution < -0.4 is 5.32 Å². The minimum absolute atomic E-state index is 0.136. The second-order valence-corrected chi connectivity index (χ2v) is 7.83. The summed E-state index contributed by atoms with van der Waals surface area (Å²) in [5, 5.41) is 2.81. The van der Waals surface area contributed by atoms with E-state index in [0.717, 1.165) is 32.0 Å². The Morgan fingerprint density at radius 1 is 1.04 bits per heavy atom. The van der Waals surface area contributed by atoms with E-state index in [1.54, 1.807) is 6.08 Å². The van der Waals surface area contributed by atoms with Crippen molar-refractivity contribution in [3.8, 4) is 0 Å². The molecule has 122 valence electrons. The number of amides is 2. The number of carbonyl (C=O) groups excluding carboxylic acids is 2. The summed E-state index contributed by atoms with van der Waals surface area (Å²) < 4.78 is 1.85. The molecule has 0 unspecified atom stereocenters. The second-order valence-electron chi connectivity index (χ2n) is 5.01. The van der Waals surface area contributed by atoms with Crippen LogP contribution in [0.1, 0.15) is 5.56 Å². The van der Waals surface area contributed by atoms with Crippen molar-refractivity contribution in [1.82, 2.24) is 4.90 Å². The van der Waals surface area contributed by atoms with E-state index in [9.17, 15) is 9.59 Å². The standard InChI is InChI=1S/C17H12Br2N2O2S/c18-12-4-1-3-11(7-12)8-15-16(22)21(17(23)24-15)10-20-14-6-2-5-13(19)9-14/h1-9,20H,10H2/b15-8-. The molecule has 2 aromatic carbocycles. The van der Waals surface area contributed by atoms with Gasteiger partial charge in [0.15, 0.2) is 0 Å². The molecule has 0 radical (unpaired) electrons.